The Bertz CT molecular complexity index is 558. The zero-order valence-corrected chi connectivity index (χ0v) is 10.6. The highest BCUT2D eigenvalue weighted by atomic mass is 16.2. The van der Waals surface area contributed by atoms with Gasteiger partial charge in [-0.05, 0) is 19.1 Å². The third kappa shape index (κ3) is 2.86. The van der Waals surface area contributed by atoms with Gasteiger partial charge in [-0.3, -0.25) is 9.78 Å². The molecule has 0 aliphatic rings. The summed E-state index contributed by atoms with van der Waals surface area (Å²) in [5.41, 5.74) is 3.45. The molecule has 0 fully saturated rings. The average molecular weight is 257 g/mol. The molecule has 6 heteroatoms. The minimum atomic E-state index is -0.210. The molecule has 0 radical (unpaired) electrons. The predicted molar refractivity (Wildman–Crippen MR) is 73.6 cm³/mol. The summed E-state index contributed by atoms with van der Waals surface area (Å²) in [7, 11) is 0. The van der Waals surface area contributed by atoms with Gasteiger partial charge in [0.15, 0.2) is 5.82 Å². The van der Waals surface area contributed by atoms with Crippen molar-refractivity contribution in [2.75, 3.05) is 16.9 Å². The van der Waals surface area contributed by atoms with Gasteiger partial charge in [0.05, 0.1) is 12.4 Å². The number of hydrogen-bond donors (Lipinski definition) is 2. The van der Waals surface area contributed by atoms with Gasteiger partial charge in [0.2, 0.25) is 0 Å². The van der Waals surface area contributed by atoms with E-state index in [1.165, 1.54) is 12.4 Å². The maximum atomic E-state index is 12.4. The van der Waals surface area contributed by atoms with E-state index in [2.05, 4.69) is 15.4 Å². The molecule has 0 aliphatic carbocycles. The van der Waals surface area contributed by atoms with E-state index < -0.39 is 0 Å². The number of aromatic nitrogens is 2. The summed E-state index contributed by atoms with van der Waals surface area (Å²) < 4.78 is 0. The largest absolute Gasteiger partial charge is 0.307 e. The molecule has 0 spiro atoms. The van der Waals surface area contributed by atoms with Crippen molar-refractivity contribution in [3.8, 4) is 0 Å². The second-order valence-electron chi connectivity index (χ2n) is 3.82. The Labute approximate surface area is 111 Å². The van der Waals surface area contributed by atoms with Gasteiger partial charge in [-0.25, -0.2) is 10.8 Å². The number of carbonyl (C=O) groups is 1. The van der Waals surface area contributed by atoms with Gasteiger partial charge in [-0.2, -0.15) is 0 Å². The topological polar surface area (TPSA) is 84.1 Å². The zero-order valence-electron chi connectivity index (χ0n) is 10.6. The number of benzene rings is 1. The van der Waals surface area contributed by atoms with Gasteiger partial charge in [-0.15, -0.1) is 0 Å². The van der Waals surface area contributed by atoms with Crippen LogP contribution in [0.3, 0.4) is 0 Å². The van der Waals surface area contributed by atoms with Crippen molar-refractivity contribution in [2.45, 2.75) is 6.92 Å². The summed E-state index contributed by atoms with van der Waals surface area (Å²) in [6.45, 7) is 2.45. The molecule has 2 rings (SSSR count). The van der Waals surface area contributed by atoms with E-state index in [9.17, 15) is 4.79 Å². The van der Waals surface area contributed by atoms with Gasteiger partial charge in [0.1, 0.15) is 5.69 Å². The lowest BCUT2D eigenvalue weighted by atomic mass is 10.2. The third-order valence-corrected chi connectivity index (χ3v) is 2.63. The number of amides is 1. The Morgan fingerprint density at radius 3 is 2.68 bits per heavy atom. The van der Waals surface area contributed by atoms with Crippen molar-refractivity contribution in [1.82, 2.24) is 9.97 Å². The number of nitrogens with zero attached hydrogens (tertiary/aromatic N) is 3. The van der Waals surface area contributed by atoms with Crippen LogP contribution in [0.15, 0.2) is 42.7 Å². The predicted octanol–water partition coefficient (Wildman–Crippen LogP) is 1.43. The Kier molecular flexibility index (Phi) is 4.04. The number of hydrazine groups is 1. The first-order valence-corrected chi connectivity index (χ1v) is 5.91. The summed E-state index contributed by atoms with van der Waals surface area (Å²) in [6.07, 6.45) is 2.88. The smallest absolute Gasteiger partial charge is 0.278 e. The lowest BCUT2D eigenvalue weighted by Gasteiger charge is -2.20. The number of carbonyl (C=O) groups excluding carboxylic acids is 1. The zero-order chi connectivity index (χ0) is 13.7. The monoisotopic (exact) mass is 257 g/mol. The van der Waals surface area contributed by atoms with Crippen LogP contribution in [-0.4, -0.2) is 22.4 Å². The fourth-order valence-corrected chi connectivity index (χ4v) is 1.73. The maximum absolute atomic E-state index is 12.4. The summed E-state index contributed by atoms with van der Waals surface area (Å²) in [5, 5.41) is 0. The molecular formula is C13H15N5O. The van der Waals surface area contributed by atoms with E-state index in [4.69, 9.17) is 5.84 Å². The third-order valence-electron chi connectivity index (χ3n) is 2.63. The van der Waals surface area contributed by atoms with E-state index in [1.807, 2.05) is 37.3 Å². The number of rotatable bonds is 4. The number of para-hydroxylation sites is 1. The van der Waals surface area contributed by atoms with Crippen molar-refractivity contribution in [2.24, 2.45) is 5.84 Å². The first-order chi connectivity index (χ1) is 9.26. The van der Waals surface area contributed by atoms with E-state index >= 15 is 0 Å². The molecule has 0 atom stereocenters. The summed E-state index contributed by atoms with van der Waals surface area (Å²) >= 11 is 0. The van der Waals surface area contributed by atoms with Gasteiger partial charge in [0, 0.05) is 12.2 Å². The first kappa shape index (κ1) is 13.0. The maximum Gasteiger partial charge on any atom is 0.278 e. The molecule has 0 unspecified atom stereocenters. The molecule has 6 nitrogen and oxygen atoms in total. The van der Waals surface area contributed by atoms with Gasteiger partial charge in [0.25, 0.3) is 5.91 Å². The van der Waals surface area contributed by atoms with Crippen molar-refractivity contribution < 1.29 is 4.79 Å². The summed E-state index contributed by atoms with van der Waals surface area (Å²) in [4.78, 5) is 22.1. The van der Waals surface area contributed by atoms with Crippen LogP contribution >= 0.6 is 0 Å². The van der Waals surface area contributed by atoms with Crippen LogP contribution in [0, 0.1) is 0 Å². The molecule has 0 aliphatic heterocycles. The van der Waals surface area contributed by atoms with Crippen LogP contribution in [0.2, 0.25) is 0 Å². The molecule has 0 saturated carbocycles. The van der Waals surface area contributed by atoms with Crippen LogP contribution < -0.4 is 16.2 Å². The minimum absolute atomic E-state index is 0.210. The van der Waals surface area contributed by atoms with Gasteiger partial charge >= 0.3 is 0 Å². The van der Waals surface area contributed by atoms with Gasteiger partial charge < -0.3 is 10.3 Å². The Morgan fingerprint density at radius 1 is 1.32 bits per heavy atom. The number of anilines is 2. The molecule has 0 bridgehead atoms. The molecular weight excluding hydrogens is 242 g/mol. The number of nitrogens with one attached hydrogen (secondary N) is 1. The average Bonchev–Trinajstić information content (AvgIpc) is 2.49. The van der Waals surface area contributed by atoms with E-state index in [1.54, 1.807) is 4.90 Å². The highest BCUT2D eigenvalue weighted by molar-refractivity contribution is 6.04. The van der Waals surface area contributed by atoms with Crippen LogP contribution in [0.5, 0.6) is 0 Å². The first-order valence-electron chi connectivity index (χ1n) is 5.91. The van der Waals surface area contributed by atoms with Crippen molar-refractivity contribution >= 4 is 17.4 Å². The fraction of sp³-hybridized carbons (Fsp3) is 0.154. The Balaban J connectivity index is 2.30. The normalized spacial score (nSPS) is 10.0. The number of hydrogen-bond acceptors (Lipinski definition) is 5. The van der Waals surface area contributed by atoms with Crippen LogP contribution in [0.1, 0.15) is 17.4 Å². The van der Waals surface area contributed by atoms with Crippen molar-refractivity contribution in [3.05, 3.63) is 48.4 Å². The van der Waals surface area contributed by atoms with Crippen LogP contribution in [0.4, 0.5) is 11.5 Å². The second kappa shape index (κ2) is 5.92. The molecule has 3 N–H and O–H groups in total. The standard InChI is InChI=1S/C13H15N5O/c1-2-18(10-6-4-3-5-7-10)13(19)11-8-15-9-12(16-11)17-14/h3-9H,2,14H2,1H3,(H,16,17). The number of nitrogens with two attached hydrogens (primary N) is 1. The minimum Gasteiger partial charge on any atom is -0.307 e. The van der Waals surface area contributed by atoms with E-state index in [0.29, 0.717) is 12.4 Å². The highest BCUT2D eigenvalue weighted by Crippen LogP contribution is 2.15. The van der Waals surface area contributed by atoms with Crippen LogP contribution in [-0.2, 0) is 0 Å². The van der Waals surface area contributed by atoms with Crippen LogP contribution in [0.25, 0.3) is 0 Å². The fourth-order valence-electron chi connectivity index (χ4n) is 1.73. The molecule has 1 heterocycles. The van der Waals surface area contributed by atoms with Crippen molar-refractivity contribution in [3.63, 3.8) is 0 Å². The van der Waals surface area contributed by atoms with Crippen molar-refractivity contribution in [1.29, 1.82) is 0 Å². The van der Waals surface area contributed by atoms with E-state index in [-0.39, 0.29) is 11.6 Å². The highest BCUT2D eigenvalue weighted by Gasteiger charge is 2.17. The lowest BCUT2D eigenvalue weighted by molar-refractivity contribution is 0.0983. The number of nitrogen functional groups attached to an aromatic ring is 1. The molecule has 0 saturated heterocycles. The molecule has 1 aromatic heterocycles. The molecule has 98 valence electrons. The Morgan fingerprint density at radius 2 is 2.05 bits per heavy atom. The Hall–Kier alpha value is -2.47. The SMILES string of the molecule is CCN(C(=O)c1cncc(NN)n1)c1ccccc1. The quantitative estimate of drug-likeness (QED) is 0.639. The summed E-state index contributed by atoms with van der Waals surface area (Å²) in [5.74, 6) is 5.41. The second-order valence-corrected chi connectivity index (χ2v) is 3.82. The van der Waals surface area contributed by atoms with Gasteiger partial charge in [-0.1, -0.05) is 18.2 Å². The summed E-state index contributed by atoms with van der Waals surface area (Å²) in [6, 6.07) is 9.42. The molecule has 2 aromatic rings. The molecule has 1 amide bonds. The lowest BCUT2D eigenvalue weighted by Crippen LogP contribution is -2.31. The van der Waals surface area contributed by atoms with E-state index in [0.717, 1.165) is 5.69 Å². The molecule has 1 aromatic carbocycles. The molecule has 19 heavy (non-hydrogen) atoms.